The predicted molar refractivity (Wildman–Crippen MR) is 75.4 cm³/mol. The molecule has 0 fully saturated rings. The molecule has 2 nitrogen and oxygen atoms in total. The van der Waals surface area contributed by atoms with E-state index in [1.165, 1.54) is 0 Å². The Bertz CT molecular complexity index is 440. The van der Waals surface area contributed by atoms with E-state index in [0.29, 0.717) is 5.57 Å². The molecule has 0 spiro atoms. The summed E-state index contributed by atoms with van der Waals surface area (Å²) in [5.41, 5.74) is 1.66. The minimum atomic E-state index is -0.0892. The molecule has 1 N–H and O–H groups in total. The zero-order chi connectivity index (χ0) is 13.4. The number of carbonyl (C=O) groups excluding carboxylic acids is 1. The van der Waals surface area contributed by atoms with Crippen LogP contribution in [0.2, 0.25) is 0 Å². The zero-order valence-corrected chi connectivity index (χ0v) is 12.3. The third-order valence-electron chi connectivity index (χ3n) is 2.48. The van der Waals surface area contributed by atoms with Gasteiger partial charge in [0.05, 0.1) is 0 Å². The molecule has 0 aliphatic heterocycles. The maximum atomic E-state index is 11.2. The van der Waals surface area contributed by atoms with Crippen molar-refractivity contribution in [2.75, 3.05) is 0 Å². The molecule has 2 aromatic carbocycles. The van der Waals surface area contributed by atoms with Gasteiger partial charge in [0, 0.05) is 11.6 Å². The largest absolute Gasteiger partial charge is 2.00 e. The van der Waals surface area contributed by atoms with Crippen molar-refractivity contribution in [2.24, 2.45) is 0 Å². The molecule has 0 radical (unpaired) electrons. The Morgan fingerprint density at radius 3 is 2.11 bits per heavy atom. The van der Waals surface area contributed by atoms with E-state index in [9.17, 15) is 4.79 Å². The van der Waals surface area contributed by atoms with E-state index < -0.39 is 0 Å². The summed E-state index contributed by atoms with van der Waals surface area (Å²) in [6, 6.07) is 17.9. The van der Waals surface area contributed by atoms with E-state index in [2.05, 4.69) is 11.9 Å². The second kappa shape index (κ2) is 9.37. The monoisotopic (exact) mass is 297 g/mol. The third-order valence-corrected chi connectivity index (χ3v) is 2.48. The molecule has 0 saturated carbocycles. The number of carbonyl (C=O) groups is 1. The Kier molecular flexibility index (Phi) is 8.60. The molecule has 0 aliphatic carbocycles. The molecule has 0 heterocycles. The van der Waals surface area contributed by atoms with E-state index in [4.69, 9.17) is 0 Å². The number of hydrogen-bond acceptors (Lipinski definition) is 1. The summed E-state index contributed by atoms with van der Waals surface area (Å²) in [7, 11) is 0. The van der Waals surface area contributed by atoms with Gasteiger partial charge in [0.2, 0.25) is 5.91 Å². The Hall–Kier alpha value is -1.57. The van der Waals surface area contributed by atoms with Gasteiger partial charge in [0.25, 0.3) is 0 Å². The molecular weight excluding hydrogens is 278 g/mol. The minimum absolute atomic E-state index is 0. The first-order valence-corrected chi connectivity index (χ1v) is 5.96. The van der Waals surface area contributed by atoms with Gasteiger partial charge in [0.1, 0.15) is 0 Å². The van der Waals surface area contributed by atoms with Crippen LogP contribution in [0.5, 0.6) is 0 Å². The van der Waals surface area contributed by atoms with Crippen LogP contribution in [-0.4, -0.2) is 5.91 Å². The maximum absolute atomic E-state index is 11.2. The van der Waals surface area contributed by atoms with E-state index in [1.54, 1.807) is 6.92 Å². The van der Waals surface area contributed by atoms with Gasteiger partial charge < -0.3 is 5.32 Å². The second-order valence-corrected chi connectivity index (χ2v) is 4.16. The van der Waals surface area contributed by atoms with E-state index in [0.717, 1.165) is 5.56 Å². The fourth-order valence-electron chi connectivity index (χ4n) is 1.40. The Morgan fingerprint density at radius 2 is 1.74 bits per heavy atom. The van der Waals surface area contributed by atoms with Crippen molar-refractivity contribution in [2.45, 2.75) is 19.9 Å². The van der Waals surface area contributed by atoms with E-state index in [-0.39, 0.29) is 29.0 Å². The van der Waals surface area contributed by atoms with Crippen LogP contribution >= 0.6 is 0 Å². The normalized spacial score (nSPS) is 10.4. The molecule has 2 aromatic rings. The van der Waals surface area contributed by atoms with Crippen LogP contribution in [0.25, 0.3) is 0 Å². The summed E-state index contributed by atoms with van der Waals surface area (Å²) < 4.78 is 0. The summed E-state index contributed by atoms with van der Waals surface area (Å²) in [5, 5.41) is 2.84. The molecule has 2 rings (SSSR count). The van der Waals surface area contributed by atoms with Crippen molar-refractivity contribution in [1.29, 1.82) is 0 Å². The summed E-state index contributed by atoms with van der Waals surface area (Å²) >= 11 is 0. The number of nitrogens with one attached hydrogen (secondary N) is 1. The van der Waals surface area contributed by atoms with Gasteiger partial charge in [0.15, 0.2) is 0 Å². The van der Waals surface area contributed by atoms with Gasteiger partial charge in [-0.2, -0.15) is 30.3 Å². The fourth-order valence-corrected chi connectivity index (χ4v) is 1.40. The maximum Gasteiger partial charge on any atom is 2.00 e. The van der Waals surface area contributed by atoms with Gasteiger partial charge >= 0.3 is 17.1 Å². The van der Waals surface area contributed by atoms with Crippen LogP contribution in [-0.2, 0) is 21.9 Å². The molecule has 0 unspecified atom stereocenters. The summed E-state index contributed by atoms with van der Waals surface area (Å²) in [6.45, 7) is 7.23. The first kappa shape index (κ1) is 17.4. The quantitative estimate of drug-likeness (QED) is 0.524. The average molecular weight is 297 g/mol. The Labute approximate surface area is 125 Å². The van der Waals surface area contributed by atoms with Crippen molar-refractivity contribution < 1.29 is 21.9 Å². The SMILES string of the molecule is C=C(C)C(=O)N[C@@H](C)[c-]1cccc1.[Fe+2].c1cc[cH-]c1. The number of amides is 1. The molecule has 0 bridgehead atoms. The standard InChI is InChI=1S/C11H14NO.C5H5.Fe/c1-8(2)11(13)12-9(3)10-6-4-5-7-10;1-2-4-5-3-1;/h4-7,9H,1H2,2-3H3,(H,12,13);1-5H;/q2*-1;+2/t9-;;/m0../s1. The van der Waals surface area contributed by atoms with Gasteiger partial charge in [-0.1, -0.05) is 13.5 Å². The summed E-state index contributed by atoms with van der Waals surface area (Å²) in [5.74, 6) is -0.0892. The van der Waals surface area contributed by atoms with E-state index >= 15 is 0 Å². The van der Waals surface area contributed by atoms with Crippen LogP contribution in [0.15, 0.2) is 66.7 Å². The summed E-state index contributed by atoms with van der Waals surface area (Å²) in [4.78, 5) is 11.2. The average Bonchev–Trinajstić information content (AvgIpc) is 3.05. The van der Waals surface area contributed by atoms with Gasteiger partial charge in [-0.3, -0.25) is 4.79 Å². The molecule has 102 valence electrons. The van der Waals surface area contributed by atoms with Gasteiger partial charge in [-0.15, -0.1) is 5.56 Å². The second-order valence-electron chi connectivity index (χ2n) is 4.16. The molecule has 0 aromatic heterocycles. The third kappa shape index (κ3) is 6.80. The van der Waals surface area contributed by atoms with Crippen LogP contribution in [0.4, 0.5) is 0 Å². The van der Waals surface area contributed by atoms with Crippen LogP contribution in [0, 0.1) is 0 Å². The van der Waals surface area contributed by atoms with Crippen molar-refractivity contribution in [1.82, 2.24) is 5.32 Å². The molecule has 0 aliphatic rings. The van der Waals surface area contributed by atoms with Crippen LogP contribution < -0.4 is 5.32 Å². The smallest absolute Gasteiger partial charge is 0.357 e. The van der Waals surface area contributed by atoms with Gasteiger partial charge in [-0.05, 0) is 6.92 Å². The first-order valence-electron chi connectivity index (χ1n) is 5.96. The number of rotatable bonds is 3. The van der Waals surface area contributed by atoms with Gasteiger partial charge in [-0.25, -0.2) is 24.3 Å². The molecule has 0 saturated heterocycles. The molecule has 3 heteroatoms. The molecule has 19 heavy (non-hydrogen) atoms. The summed E-state index contributed by atoms with van der Waals surface area (Å²) in [6.07, 6.45) is 0. The van der Waals surface area contributed by atoms with Crippen molar-refractivity contribution in [3.05, 3.63) is 72.3 Å². The van der Waals surface area contributed by atoms with Crippen molar-refractivity contribution in [3.8, 4) is 0 Å². The van der Waals surface area contributed by atoms with Crippen LogP contribution in [0.1, 0.15) is 25.5 Å². The zero-order valence-electron chi connectivity index (χ0n) is 11.2. The topological polar surface area (TPSA) is 29.1 Å². The minimum Gasteiger partial charge on any atom is -0.357 e. The first-order chi connectivity index (χ1) is 8.61. The van der Waals surface area contributed by atoms with Crippen molar-refractivity contribution >= 4 is 5.91 Å². The van der Waals surface area contributed by atoms with Crippen molar-refractivity contribution in [3.63, 3.8) is 0 Å². The molecule has 1 atom stereocenters. The Balaban J connectivity index is 0.000000454. The fraction of sp³-hybridized carbons (Fsp3) is 0.188. The van der Waals surface area contributed by atoms with E-state index in [1.807, 2.05) is 61.5 Å². The van der Waals surface area contributed by atoms with Crippen LogP contribution in [0.3, 0.4) is 0 Å². The Morgan fingerprint density at radius 1 is 1.21 bits per heavy atom. The molecule has 1 amide bonds. The number of hydrogen-bond donors (Lipinski definition) is 1. The molecular formula is C16H19FeNO. The predicted octanol–water partition coefficient (Wildman–Crippen LogP) is 3.56.